The smallest absolute Gasteiger partial charge is 0.305 e. The lowest BCUT2D eigenvalue weighted by Gasteiger charge is -2.06. The van der Waals surface area contributed by atoms with Gasteiger partial charge in [0.15, 0.2) is 0 Å². The van der Waals surface area contributed by atoms with Gasteiger partial charge in [0.1, 0.15) is 0 Å². The molecule has 1 aliphatic heterocycles. The molecule has 0 saturated carbocycles. The molecule has 1 heterocycles. The largest absolute Gasteiger partial charge is 0.466 e. The predicted octanol–water partition coefficient (Wildman–Crippen LogP) is 2.36. The van der Waals surface area contributed by atoms with E-state index in [1.54, 1.807) is 0 Å². The van der Waals surface area contributed by atoms with E-state index in [0.717, 1.165) is 25.7 Å². The Bertz CT molecular complexity index is 332. The van der Waals surface area contributed by atoms with Gasteiger partial charge in [-0.25, -0.2) is 0 Å². The fourth-order valence-electron chi connectivity index (χ4n) is 1.36. The Morgan fingerprint density at radius 2 is 1.80 bits per heavy atom. The molecule has 0 aromatic heterocycles. The molecule has 0 aliphatic carbocycles. The van der Waals surface area contributed by atoms with Crippen molar-refractivity contribution in [1.29, 1.82) is 0 Å². The number of esters is 1. The van der Waals surface area contributed by atoms with Gasteiger partial charge in [-0.2, -0.15) is 0 Å². The second-order valence-corrected chi connectivity index (χ2v) is 5.05. The van der Waals surface area contributed by atoms with E-state index in [9.17, 15) is 14.4 Å². The number of imide groups is 1. The second-order valence-electron chi connectivity index (χ2n) is 5.05. The van der Waals surface area contributed by atoms with Crippen molar-refractivity contribution in [2.45, 2.75) is 52.9 Å². The third-order valence-corrected chi connectivity index (χ3v) is 2.58. The van der Waals surface area contributed by atoms with Gasteiger partial charge in [0.05, 0.1) is 6.61 Å². The molecule has 20 heavy (non-hydrogen) atoms. The van der Waals surface area contributed by atoms with E-state index < -0.39 is 0 Å². The molecule has 0 saturated heterocycles. The molecule has 5 heteroatoms. The third-order valence-electron chi connectivity index (χ3n) is 2.58. The van der Waals surface area contributed by atoms with Crippen molar-refractivity contribution in [1.82, 2.24) is 5.32 Å². The van der Waals surface area contributed by atoms with Crippen LogP contribution in [0, 0.1) is 5.92 Å². The Morgan fingerprint density at radius 3 is 2.20 bits per heavy atom. The number of amides is 2. The van der Waals surface area contributed by atoms with Gasteiger partial charge in [-0.3, -0.25) is 19.7 Å². The van der Waals surface area contributed by atoms with Gasteiger partial charge >= 0.3 is 5.97 Å². The number of ether oxygens (including phenoxy) is 1. The van der Waals surface area contributed by atoms with Crippen LogP contribution in [0.4, 0.5) is 0 Å². The summed E-state index contributed by atoms with van der Waals surface area (Å²) in [6.45, 7) is 6.97. The second kappa shape index (κ2) is 11.2. The van der Waals surface area contributed by atoms with Crippen LogP contribution in [0.25, 0.3) is 0 Å². The third kappa shape index (κ3) is 11.4. The maximum absolute atomic E-state index is 11.1. The molecule has 2 amide bonds. The summed E-state index contributed by atoms with van der Waals surface area (Å²) < 4.78 is 5.06. The van der Waals surface area contributed by atoms with Gasteiger partial charge in [-0.1, -0.05) is 33.6 Å². The first kappa shape index (κ1) is 18.4. The van der Waals surface area contributed by atoms with Gasteiger partial charge in [0.2, 0.25) is 0 Å². The van der Waals surface area contributed by atoms with Gasteiger partial charge < -0.3 is 4.74 Å². The fourth-order valence-corrected chi connectivity index (χ4v) is 1.36. The normalized spacial score (nSPS) is 13.0. The number of carbonyl (C=O) groups is 3. The van der Waals surface area contributed by atoms with Crippen molar-refractivity contribution >= 4 is 17.8 Å². The standard InChI is InChI=1S/C11H22O2.C4H3NO2/c1-4-5-6-7-11(12)13-9-8-10(2)3;6-3-1-2-4(7)5-3/h10H,4-9H2,1-3H3;1-2H,(H,5,6,7). The molecule has 1 N–H and O–H groups in total. The zero-order valence-corrected chi connectivity index (χ0v) is 12.6. The van der Waals surface area contributed by atoms with Crippen LogP contribution in [0.5, 0.6) is 0 Å². The predicted molar refractivity (Wildman–Crippen MR) is 76.8 cm³/mol. The zero-order valence-electron chi connectivity index (χ0n) is 12.6. The summed E-state index contributed by atoms with van der Waals surface area (Å²) in [7, 11) is 0. The lowest BCUT2D eigenvalue weighted by atomic mass is 10.1. The molecule has 0 bridgehead atoms. The molecule has 114 valence electrons. The van der Waals surface area contributed by atoms with E-state index in [4.69, 9.17) is 4.74 Å². The van der Waals surface area contributed by atoms with Crippen molar-refractivity contribution < 1.29 is 19.1 Å². The first-order chi connectivity index (χ1) is 9.45. The van der Waals surface area contributed by atoms with Crippen LogP contribution < -0.4 is 5.32 Å². The van der Waals surface area contributed by atoms with Crippen LogP contribution in [-0.2, 0) is 19.1 Å². The highest BCUT2D eigenvalue weighted by atomic mass is 16.5. The van der Waals surface area contributed by atoms with Gasteiger partial charge in [0, 0.05) is 18.6 Å². The summed E-state index contributed by atoms with van der Waals surface area (Å²) in [6.07, 6.45) is 7.20. The average molecular weight is 283 g/mol. The van der Waals surface area contributed by atoms with Gasteiger partial charge in [-0.05, 0) is 18.8 Å². The van der Waals surface area contributed by atoms with Crippen LogP contribution in [0.3, 0.4) is 0 Å². The average Bonchev–Trinajstić information content (AvgIpc) is 2.74. The number of hydrogen-bond donors (Lipinski definition) is 1. The number of carbonyl (C=O) groups excluding carboxylic acids is 3. The minimum absolute atomic E-state index is 0.0332. The van der Waals surface area contributed by atoms with E-state index in [-0.39, 0.29) is 17.8 Å². The Balaban J connectivity index is 0.000000428. The minimum Gasteiger partial charge on any atom is -0.466 e. The molecule has 0 aromatic rings. The number of nitrogens with one attached hydrogen (secondary N) is 1. The molecule has 0 spiro atoms. The maximum Gasteiger partial charge on any atom is 0.305 e. The first-order valence-corrected chi connectivity index (χ1v) is 7.14. The lowest BCUT2D eigenvalue weighted by molar-refractivity contribution is -0.144. The summed E-state index contributed by atoms with van der Waals surface area (Å²) in [4.78, 5) is 31.1. The van der Waals surface area contributed by atoms with Crippen molar-refractivity contribution in [3.63, 3.8) is 0 Å². The summed E-state index contributed by atoms with van der Waals surface area (Å²) in [5.74, 6) is -0.0764. The van der Waals surface area contributed by atoms with Gasteiger partial charge in [0.25, 0.3) is 11.8 Å². The van der Waals surface area contributed by atoms with Crippen LogP contribution in [0.15, 0.2) is 12.2 Å². The van der Waals surface area contributed by atoms with E-state index >= 15 is 0 Å². The van der Waals surface area contributed by atoms with E-state index in [1.807, 2.05) is 5.32 Å². The van der Waals surface area contributed by atoms with Crippen LogP contribution in [-0.4, -0.2) is 24.4 Å². The summed E-state index contributed by atoms with van der Waals surface area (Å²) in [6, 6.07) is 0. The monoisotopic (exact) mass is 283 g/mol. The molecule has 1 rings (SSSR count). The molecule has 5 nitrogen and oxygen atoms in total. The lowest BCUT2D eigenvalue weighted by Crippen LogP contribution is -2.19. The fraction of sp³-hybridized carbons (Fsp3) is 0.667. The van der Waals surface area contributed by atoms with Crippen molar-refractivity contribution in [3.8, 4) is 0 Å². The number of unbranched alkanes of at least 4 members (excludes halogenated alkanes) is 2. The Labute approximate surface area is 120 Å². The summed E-state index contributed by atoms with van der Waals surface area (Å²) >= 11 is 0. The van der Waals surface area contributed by atoms with Crippen molar-refractivity contribution in [3.05, 3.63) is 12.2 Å². The topological polar surface area (TPSA) is 72.5 Å². The van der Waals surface area contributed by atoms with Crippen LogP contribution >= 0.6 is 0 Å². The molecule has 0 fully saturated rings. The van der Waals surface area contributed by atoms with E-state index in [1.165, 1.54) is 12.2 Å². The first-order valence-electron chi connectivity index (χ1n) is 7.14. The summed E-state index contributed by atoms with van der Waals surface area (Å²) in [5.41, 5.74) is 0. The molecule has 0 unspecified atom stereocenters. The Kier molecular flexibility index (Phi) is 10.3. The number of hydrogen-bond acceptors (Lipinski definition) is 4. The van der Waals surface area contributed by atoms with Crippen molar-refractivity contribution in [2.24, 2.45) is 5.92 Å². The Hall–Kier alpha value is -1.65. The highest BCUT2D eigenvalue weighted by Gasteiger charge is 2.06. The molecule has 1 aliphatic rings. The quantitative estimate of drug-likeness (QED) is 0.442. The maximum atomic E-state index is 11.1. The van der Waals surface area contributed by atoms with E-state index in [0.29, 0.717) is 18.9 Å². The van der Waals surface area contributed by atoms with Crippen molar-refractivity contribution in [2.75, 3.05) is 6.61 Å². The molecular weight excluding hydrogens is 258 g/mol. The zero-order chi connectivity index (χ0) is 15.4. The Morgan fingerprint density at radius 1 is 1.20 bits per heavy atom. The molecule has 0 radical (unpaired) electrons. The van der Waals surface area contributed by atoms with Crippen LogP contribution in [0.2, 0.25) is 0 Å². The number of rotatable bonds is 7. The molecular formula is C15H25NO4. The summed E-state index contributed by atoms with van der Waals surface area (Å²) in [5, 5.41) is 2.03. The minimum atomic E-state index is -0.329. The molecule has 0 aromatic carbocycles. The molecule has 0 atom stereocenters. The van der Waals surface area contributed by atoms with Crippen LogP contribution in [0.1, 0.15) is 52.9 Å². The SMILES string of the molecule is CCCCCC(=O)OCCC(C)C.O=C1C=CC(=O)N1. The highest BCUT2D eigenvalue weighted by Crippen LogP contribution is 2.03. The van der Waals surface area contributed by atoms with E-state index in [2.05, 4.69) is 20.8 Å². The van der Waals surface area contributed by atoms with Gasteiger partial charge in [-0.15, -0.1) is 0 Å². The highest BCUT2D eigenvalue weighted by molar-refractivity contribution is 6.12.